The van der Waals surface area contributed by atoms with Crippen LogP contribution in [0.25, 0.3) is 0 Å². The second-order valence-electron chi connectivity index (χ2n) is 4.28. The Balaban J connectivity index is 2.22. The van der Waals surface area contributed by atoms with Crippen molar-refractivity contribution in [1.29, 1.82) is 0 Å². The molecule has 0 spiro atoms. The van der Waals surface area contributed by atoms with Crippen LogP contribution in [0.4, 0.5) is 10.1 Å². The molecule has 0 bridgehead atoms. The lowest BCUT2D eigenvalue weighted by atomic mass is 10.1. The number of para-hydroxylation sites is 1. The summed E-state index contributed by atoms with van der Waals surface area (Å²) in [7, 11) is 0. The van der Waals surface area contributed by atoms with Crippen LogP contribution in [-0.2, 0) is 6.54 Å². The van der Waals surface area contributed by atoms with Crippen LogP contribution in [0.2, 0.25) is 0 Å². The van der Waals surface area contributed by atoms with Crippen molar-refractivity contribution >= 4 is 43.4 Å². The minimum atomic E-state index is -0.443. The van der Waals surface area contributed by atoms with Crippen LogP contribution >= 0.6 is 31.9 Å². The van der Waals surface area contributed by atoms with Gasteiger partial charge in [0.05, 0.1) is 5.69 Å². The summed E-state index contributed by atoms with van der Waals surface area (Å²) in [5.74, 6) is -0.570. The third-order valence-electron chi connectivity index (χ3n) is 2.79. The molecule has 0 aliphatic heterocycles. The number of oxime groups is 1. The van der Waals surface area contributed by atoms with E-state index in [1.54, 1.807) is 6.07 Å². The van der Waals surface area contributed by atoms with Gasteiger partial charge in [-0.2, -0.15) is 0 Å². The average Bonchev–Trinajstić information content (AvgIpc) is 2.45. The molecule has 2 aromatic rings. The maximum Gasteiger partial charge on any atom is 0.170 e. The maximum absolute atomic E-state index is 13.6. The highest BCUT2D eigenvalue weighted by Crippen LogP contribution is 2.30. The largest absolute Gasteiger partial charge is 0.409 e. The average molecular weight is 417 g/mol. The molecule has 21 heavy (non-hydrogen) atoms. The lowest BCUT2D eigenvalue weighted by Crippen LogP contribution is -2.14. The first-order valence-electron chi connectivity index (χ1n) is 5.96. The number of hydrogen-bond acceptors (Lipinski definition) is 3. The number of nitrogens with zero attached hydrogens (tertiary/aromatic N) is 1. The molecule has 4 N–H and O–H groups in total. The summed E-state index contributed by atoms with van der Waals surface area (Å²) in [5, 5.41) is 14.7. The van der Waals surface area contributed by atoms with Gasteiger partial charge in [-0.1, -0.05) is 11.2 Å². The highest BCUT2D eigenvalue weighted by Gasteiger charge is 2.07. The molecule has 0 aliphatic carbocycles. The third kappa shape index (κ3) is 3.95. The van der Waals surface area contributed by atoms with Crippen LogP contribution in [0, 0.1) is 5.82 Å². The smallest absolute Gasteiger partial charge is 0.170 e. The Kier molecular flexibility index (Phi) is 5.19. The molecule has 110 valence electrons. The van der Waals surface area contributed by atoms with Crippen LogP contribution in [0.3, 0.4) is 0 Å². The van der Waals surface area contributed by atoms with E-state index in [0.717, 1.165) is 14.6 Å². The number of nitrogens with one attached hydrogen (secondary N) is 1. The van der Waals surface area contributed by atoms with E-state index in [-0.39, 0.29) is 5.84 Å². The SMILES string of the molecule is N/C(=N/O)c1cc(F)cc(CNc2c(Br)cccc2Br)c1. The van der Waals surface area contributed by atoms with Gasteiger partial charge in [0, 0.05) is 21.1 Å². The monoisotopic (exact) mass is 415 g/mol. The molecule has 0 aliphatic rings. The number of halogens is 3. The van der Waals surface area contributed by atoms with Crippen molar-refractivity contribution in [1.82, 2.24) is 0 Å². The van der Waals surface area contributed by atoms with Gasteiger partial charge in [-0.05, 0) is 67.8 Å². The van der Waals surface area contributed by atoms with E-state index in [4.69, 9.17) is 10.9 Å². The standard InChI is InChI=1S/C14H12Br2FN3O/c15-11-2-1-3-12(16)13(11)19-7-8-4-9(14(18)20-21)6-10(17)5-8/h1-6,19,21H,7H2,(H2,18,20). The number of rotatable bonds is 4. The Morgan fingerprint density at radius 1 is 1.24 bits per heavy atom. The Bertz CT molecular complexity index is 672. The number of amidine groups is 1. The summed E-state index contributed by atoms with van der Waals surface area (Å²) >= 11 is 6.89. The molecular formula is C14H12Br2FN3O. The molecule has 2 rings (SSSR count). The Labute approximate surface area is 138 Å². The van der Waals surface area contributed by atoms with Crippen molar-refractivity contribution in [2.75, 3.05) is 5.32 Å². The highest BCUT2D eigenvalue weighted by molar-refractivity contribution is 9.11. The third-order valence-corrected chi connectivity index (χ3v) is 4.11. The Morgan fingerprint density at radius 2 is 1.90 bits per heavy atom. The molecular weight excluding hydrogens is 405 g/mol. The number of hydrogen-bond donors (Lipinski definition) is 3. The highest BCUT2D eigenvalue weighted by atomic mass is 79.9. The molecule has 0 saturated carbocycles. The van der Waals surface area contributed by atoms with Crippen molar-refractivity contribution in [2.24, 2.45) is 10.9 Å². The van der Waals surface area contributed by atoms with Gasteiger partial charge in [-0.3, -0.25) is 0 Å². The van der Waals surface area contributed by atoms with Gasteiger partial charge in [-0.25, -0.2) is 4.39 Å². The topological polar surface area (TPSA) is 70.6 Å². The summed E-state index contributed by atoms with van der Waals surface area (Å²) in [6.07, 6.45) is 0. The number of nitrogens with two attached hydrogens (primary N) is 1. The summed E-state index contributed by atoms with van der Waals surface area (Å²) in [6, 6.07) is 9.98. The van der Waals surface area contributed by atoms with Crippen molar-refractivity contribution in [3.63, 3.8) is 0 Å². The van der Waals surface area contributed by atoms with E-state index >= 15 is 0 Å². The normalized spacial score (nSPS) is 11.5. The molecule has 0 fully saturated rings. The van der Waals surface area contributed by atoms with Crippen molar-refractivity contribution in [3.05, 3.63) is 62.3 Å². The fraction of sp³-hybridized carbons (Fsp3) is 0.0714. The van der Waals surface area contributed by atoms with Crippen molar-refractivity contribution < 1.29 is 9.60 Å². The fourth-order valence-electron chi connectivity index (χ4n) is 1.82. The first kappa shape index (κ1) is 15.8. The predicted octanol–water partition coefficient (Wildman–Crippen LogP) is 4.06. The molecule has 0 heterocycles. The molecule has 7 heteroatoms. The quantitative estimate of drug-likeness (QED) is 0.304. The molecule has 0 atom stereocenters. The second kappa shape index (κ2) is 6.91. The van der Waals surface area contributed by atoms with Gasteiger partial charge >= 0.3 is 0 Å². The van der Waals surface area contributed by atoms with Crippen molar-refractivity contribution in [3.8, 4) is 0 Å². The molecule has 0 radical (unpaired) electrons. The molecule has 0 unspecified atom stereocenters. The van der Waals surface area contributed by atoms with E-state index in [9.17, 15) is 4.39 Å². The minimum Gasteiger partial charge on any atom is -0.409 e. The summed E-state index contributed by atoms with van der Waals surface area (Å²) < 4.78 is 15.4. The number of benzene rings is 2. The summed E-state index contributed by atoms with van der Waals surface area (Å²) in [5.41, 5.74) is 7.37. The molecule has 0 aromatic heterocycles. The van der Waals surface area contributed by atoms with Crippen LogP contribution in [0.15, 0.2) is 50.5 Å². The summed E-state index contributed by atoms with van der Waals surface area (Å²) in [4.78, 5) is 0. The Hall–Kier alpha value is -1.60. The van der Waals surface area contributed by atoms with E-state index < -0.39 is 5.82 Å². The molecule has 4 nitrogen and oxygen atoms in total. The lowest BCUT2D eigenvalue weighted by molar-refractivity contribution is 0.318. The first-order chi connectivity index (χ1) is 10.0. The predicted molar refractivity (Wildman–Crippen MR) is 88.1 cm³/mol. The molecule has 0 saturated heterocycles. The number of anilines is 1. The lowest BCUT2D eigenvalue weighted by Gasteiger charge is -2.11. The zero-order chi connectivity index (χ0) is 15.4. The zero-order valence-corrected chi connectivity index (χ0v) is 13.9. The van der Waals surface area contributed by atoms with Gasteiger partial charge in [-0.15, -0.1) is 0 Å². The maximum atomic E-state index is 13.6. The first-order valence-corrected chi connectivity index (χ1v) is 7.55. The van der Waals surface area contributed by atoms with Crippen LogP contribution in [-0.4, -0.2) is 11.0 Å². The van der Waals surface area contributed by atoms with E-state index in [0.29, 0.717) is 17.7 Å². The van der Waals surface area contributed by atoms with E-state index in [1.807, 2.05) is 18.2 Å². The molecule has 0 amide bonds. The summed E-state index contributed by atoms with van der Waals surface area (Å²) in [6.45, 7) is 0.394. The van der Waals surface area contributed by atoms with Crippen LogP contribution in [0.1, 0.15) is 11.1 Å². The minimum absolute atomic E-state index is 0.127. The van der Waals surface area contributed by atoms with Crippen molar-refractivity contribution in [2.45, 2.75) is 6.54 Å². The van der Waals surface area contributed by atoms with Crippen LogP contribution in [0.5, 0.6) is 0 Å². The molecule has 2 aromatic carbocycles. The van der Waals surface area contributed by atoms with Gasteiger partial charge in [0.2, 0.25) is 0 Å². The second-order valence-corrected chi connectivity index (χ2v) is 5.99. The Morgan fingerprint density at radius 3 is 2.52 bits per heavy atom. The van der Waals surface area contributed by atoms with Gasteiger partial charge in [0.1, 0.15) is 5.82 Å². The van der Waals surface area contributed by atoms with Gasteiger partial charge in [0.15, 0.2) is 5.84 Å². The van der Waals surface area contributed by atoms with Gasteiger partial charge < -0.3 is 16.3 Å². The fourth-order valence-corrected chi connectivity index (χ4v) is 3.09. The van der Waals surface area contributed by atoms with E-state index in [1.165, 1.54) is 12.1 Å². The van der Waals surface area contributed by atoms with E-state index in [2.05, 4.69) is 42.3 Å². The van der Waals surface area contributed by atoms with Gasteiger partial charge in [0.25, 0.3) is 0 Å². The van der Waals surface area contributed by atoms with Crippen LogP contribution < -0.4 is 11.1 Å². The zero-order valence-electron chi connectivity index (χ0n) is 10.8.